The fraction of sp³-hybridized carbons (Fsp3) is 0.217. The Balaban J connectivity index is 1.72. The maximum Gasteiger partial charge on any atom is 0.211 e. The van der Waals surface area contributed by atoms with Crippen LogP contribution in [0.3, 0.4) is 0 Å². The molecule has 0 bridgehead atoms. The largest absolute Gasteiger partial charge is 0.463 e. The number of nitrogens with zero attached hydrogens (tertiary/aromatic N) is 1. The molecular formula is C23H21NO. The zero-order valence-corrected chi connectivity index (χ0v) is 14.8. The second-order valence-corrected chi connectivity index (χ2v) is 7.53. The van der Waals surface area contributed by atoms with Gasteiger partial charge in [0.2, 0.25) is 5.72 Å². The summed E-state index contributed by atoms with van der Waals surface area (Å²) in [5.74, 6) is 0.953. The van der Waals surface area contributed by atoms with Gasteiger partial charge in [0, 0.05) is 18.3 Å². The Morgan fingerprint density at radius 2 is 1.64 bits per heavy atom. The van der Waals surface area contributed by atoms with Crippen LogP contribution in [-0.2, 0) is 5.41 Å². The van der Waals surface area contributed by atoms with Crippen LogP contribution in [0.5, 0.6) is 5.75 Å². The highest BCUT2D eigenvalue weighted by atomic mass is 16.5. The summed E-state index contributed by atoms with van der Waals surface area (Å²) < 4.78 is 6.74. The Morgan fingerprint density at radius 3 is 2.48 bits per heavy atom. The molecule has 2 nitrogen and oxygen atoms in total. The van der Waals surface area contributed by atoms with E-state index in [1.807, 2.05) is 0 Å². The SMILES string of the molecule is CN1c2ccccc2C(C)(C)[C@@]12C=Cc1c(ccc3ccccc13)O2. The highest BCUT2D eigenvalue weighted by molar-refractivity contribution is 5.94. The fourth-order valence-electron chi connectivity index (χ4n) is 4.54. The van der Waals surface area contributed by atoms with Gasteiger partial charge in [0.15, 0.2) is 0 Å². The summed E-state index contributed by atoms with van der Waals surface area (Å²) in [5.41, 5.74) is 3.07. The standard InChI is InChI=1S/C23H21NO/c1-22(2)19-10-6-7-11-20(19)24(3)23(22)15-14-18-17-9-5-4-8-16(17)12-13-21(18)25-23/h4-15H,1-3H3/t23-/m0/s1. The van der Waals surface area contributed by atoms with Crippen LogP contribution in [0.4, 0.5) is 5.69 Å². The van der Waals surface area contributed by atoms with E-state index in [2.05, 4.69) is 98.6 Å². The summed E-state index contributed by atoms with van der Waals surface area (Å²) in [5, 5.41) is 2.48. The molecule has 1 atom stereocenters. The maximum atomic E-state index is 6.74. The molecule has 25 heavy (non-hydrogen) atoms. The van der Waals surface area contributed by atoms with E-state index in [4.69, 9.17) is 4.74 Å². The van der Waals surface area contributed by atoms with Crippen molar-refractivity contribution in [3.05, 3.63) is 77.9 Å². The third-order valence-electron chi connectivity index (χ3n) is 6.00. The van der Waals surface area contributed by atoms with Crippen LogP contribution in [0.15, 0.2) is 66.7 Å². The van der Waals surface area contributed by atoms with Gasteiger partial charge >= 0.3 is 0 Å². The molecule has 0 fully saturated rings. The molecule has 0 radical (unpaired) electrons. The smallest absolute Gasteiger partial charge is 0.211 e. The van der Waals surface area contributed by atoms with Crippen LogP contribution < -0.4 is 9.64 Å². The van der Waals surface area contributed by atoms with Gasteiger partial charge in [0.25, 0.3) is 0 Å². The van der Waals surface area contributed by atoms with Crippen molar-refractivity contribution < 1.29 is 4.74 Å². The average molecular weight is 327 g/mol. The molecule has 0 aliphatic carbocycles. The van der Waals surface area contributed by atoms with Gasteiger partial charge in [-0.15, -0.1) is 0 Å². The average Bonchev–Trinajstić information content (AvgIpc) is 2.81. The number of benzene rings is 3. The number of hydrogen-bond acceptors (Lipinski definition) is 2. The molecule has 2 aliphatic heterocycles. The van der Waals surface area contributed by atoms with E-state index in [-0.39, 0.29) is 5.41 Å². The fourth-order valence-corrected chi connectivity index (χ4v) is 4.54. The normalized spacial score (nSPS) is 22.8. The van der Waals surface area contributed by atoms with Crippen LogP contribution >= 0.6 is 0 Å². The summed E-state index contributed by atoms with van der Waals surface area (Å²) in [7, 11) is 2.13. The second kappa shape index (κ2) is 4.66. The number of anilines is 1. The van der Waals surface area contributed by atoms with Crippen molar-refractivity contribution >= 4 is 22.5 Å². The highest BCUT2D eigenvalue weighted by Crippen LogP contribution is 2.54. The summed E-state index contributed by atoms with van der Waals surface area (Å²) in [6.45, 7) is 4.54. The molecule has 3 aromatic carbocycles. The minimum Gasteiger partial charge on any atom is -0.463 e. The van der Waals surface area contributed by atoms with Crippen molar-refractivity contribution in [2.45, 2.75) is 25.0 Å². The van der Waals surface area contributed by atoms with Crippen molar-refractivity contribution in [1.29, 1.82) is 0 Å². The van der Waals surface area contributed by atoms with Crippen LogP contribution in [0.25, 0.3) is 16.8 Å². The quantitative estimate of drug-likeness (QED) is 0.550. The van der Waals surface area contributed by atoms with Gasteiger partial charge in [-0.1, -0.05) is 48.5 Å². The zero-order chi connectivity index (χ0) is 17.2. The third-order valence-corrected chi connectivity index (χ3v) is 6.00. The lowest BCUT2D eigenvalue weighted by atomic mass is 9.76. The number of para-hydroxylation sites is 1. The summed E-state index contributed by atoms with van der Waals surface area (Å²) in [6.07, 6.45) is 4.48. The first-order chi connectivity index (χ1) is 12.0. The second-order valence-electron chi connectivity index (χ2n) is 7.53. The zero-order valence-electron chi connectivity index (χ0n) is 14.8. The van der Waals surface area contributed by atoms with E-state index in [1.54, 1.807) is 0 Å². The van der Waals surface area contributed by atoms with E-state index in [0.29, 0.717) is 0 Å². The molecule has 1 spiro atoms. The lowest BCUT2D eigenvalue weighted by Gasteiger charge is -2.46. The number of ether oxygens (including phenoxy) is 1. The van der Waals surface area contributed by atoms with E-state index in [0.717, 1.165) is 5.75 Å². The van der Waals surface area contributed by atoms with Gasteiger partial charge in [-0.2, -0.15) is 0 Å². The molecule has 0 N–H and O–H groups in total. The minimum atomic E-state index is -0.508. The predicted molar refractivity (Wildman–Crippen MR) is 104 cm³/mol. The van der Waals surface area contributed by atoms with Crippen molar-refractivity contribution in [2.24, 2.45) is 0 Å². The first kappa shape index (κ1) is 14.6. The molecule has 0 unspecified atom stereocenters. The number of hydrogen-bond donors (Lipinski definition) is 0. The molecule has 0 saturated heterocycles. The Hall–Kier alpha value is -2.74. The van der Waals surface area contributed by atoms with E-state index in [9.17, 15) is 0 Å². The lowest BCUT2D eigenvalue weighted by Crippen LogP contribution is -2.58. The first-order valence-corrected chi connectivity index (χ1v) is 8.78. The maximum absolute atomic E-state index is 6.74. The van der Waals surface area contributed by atoms with E-state index < -0.39 is 5.72 Å². The molecule has 2 heteroatoms. The molecule has 0 saturated carbocycles. The molecule has 0 aromatic heterocycles. The Labute approximate surface area is 148 Å². The van der Waals surface area contributed by atoms with Gasteiger partial charge in [0.05, 0.1) is 5.41 Å². The number of fused-ring (bicyclic) bond motifs is 4. The van der Waals surface area contributed by atoms with E-state index in [1.165, 1.54) is 27.6 Å². The lowest BCUT2D eigenvalue weighted by molar-refractivity contribution is 0.0584. The summed E-state index contributed by atoms with van der Waals surface area (Å²) in [6, 6.07) is 21.3. The van der Waals surface area contributed by atoms with Crippen molar-refractivity contribution in [3.8, 4) is 5.75 Å². The Morgan fingerprint density at radius 1 is 0.880 bits per heavy atom. The topological polar surface area (TPSA) is 12.5 Å². The first-order valence-electron chi connectivity index (χ1n) is 8.78. The van der Waals surface area contributed by atoms with Gasteiger partial charge in [0.1, 0.15) is 5.75 Å². The predicted octanol–water partition coefficient (Wildman–Crippen LogP) is 5.37. The Kier molecular flexibility index (Phi) is 2.72. The summed E-state index contributed by atoms with van der Waals surface area (Å²) >= 11 is 0. The van der Waals surface area contributed by atoms with Gasteiger partial charge < -0.3 is 9.64 Å². The molecule has 0 amide bonds. The molecule has 3 aromatic rings. The van der Waals surface area contributed by atoms with Crippen molar-refractivity contribution in [3.63, 3.8) is 0 Å². The minimum absolute atomic E-state index is 0.155. The van der Waals surface area contributed by atoms with E-state index >= 15 is 0 Å². The summed E-state index contributed by atoms with van der Waals surface area (Å²) in [4.78, 5) is 2.27. The monoisotopic (exact) mass is 327 g/mol. The molecule has 124 valence electrons. The van der Waals surface area contributed by atoms with Crippen LogP contribution in [0, 0.1) is 0 Å². The van der Waals surface area contributed by atoms with Crippen molar-refractivity contribution in [2.75, 3.05) is 11.9 Å². The molecular weight excluding hydrogens is 306 g/mol. The van der Waals surface area contributed by atoms with Gasteiger partial charge in [-0.3, -0.25) is 0 Å². The van der Waals surface area contributed by atoms with Crippen LogP contribution in [0.1, 0.15) is 25.0 Å². The highest BCUT2D eigenvalue weighted by Gasteiger charge is 2.57. The number of likely N-dealkylation sites (N-methyl/N-ethyl adjacent to an activating group) is 1. The van der Waals surface area contributed by atoms with Crippen LogP contribution in [-0.4, -0.2) is 12.8 Å². The molecule has 2 aliphatic rings. The third kappa shape index (κ3) is 1.69. The van der Waals surface area contributed by atoms with Crippen molar-refractivity contribution in [1.82, 2.24) is 0 Å². The Bertz CT molecular complexity index is 1030. The molecule has 2 heterocycles. The van der Waals surface area contributed by atoms with Gasteiger partial charge in [-0.25, -0.2) is 0 Å². The molecule has 5 rings (SSSR count). The van der Waals surface area contributed by atoms with Crippen LogP contribution in [0.2, 0.25) is 0 Å². The van der Waals surface area contributed by atoms with Gasteiger partial charge in [-0.05, 0) is 54.5 Å². The number of rotatable bonds is 0.